The molecule has 3 nitrogen and oxygen atoms in total. The molecule has 0 aromatic heterocycles. The van der Waals surface area contributed by atoms with E-state index in [9.17, 15) is 8.42 Å². The van der Waals surface area contributed by atoms with Crippen LogP contribution >= 0.6 is 39.1 Å². The van der Waals surface area contributed by atoms with Gasteiger partial charge in [0, 0.05) is 17.6 Å². The second-order valence-electron chi connectivity index (χ2n) is 5.77. The summed E-state index contributed by atoms with van der Waals surface area (Å²) in [7, 11) is -3.65. The summed E-state index contributed by atoms with van der Waals surface area (Å²) in [4.78, 5) is 0.00846. The topological polar surface area (TPSA) is 37.4 Å². The van der Waals surface area contributed by atoms with Crippen LogP contribution in [0.5, 0.6) is 0 Å². The van der Waals surface area contributed by atoms with E-state index < -0.39 is 10.0 Å². The summed E-state index contributed by atoms with van der Waals surface area (Å²) < 4.78 is 27.7. The van der Waals surface area contributed by atoms with Crippen LogP contribution in [0.15, 0.2) is 21.5 Å². The molecular weight excluding hydrogens is 397 g/mol. The molecule has 2 rings (SSSR count). The number of piperidine rings is 1. The molecule has 1 aromatic rings. The Balaban J connectivity index is 2.33. The lowest BCUT2D eigenvalue weighted by molar-refractivity contribution is 0.169. The summed E-state index contributed by atoms with van der Waals surface area (Å²) in [6.07, 6.45) is 2.77. The van der Waals surface area contributed by atoms with Crippen LogP contribution in [0.25, 0.3) is 0 Å². The van der Waals surface area contributed by atoms with Gasteiger partial charge in [-0.1, -0.05) is 59.4 Å². The van der Waals surface area contributed by atoms with Gasteiger partial charge in [-0.05, 0) is 30.4 Å². The summed E-state index contributed by atoms with van der Waals surface area (Å²) in [6.45, 7) is 5.37. The minimum Gasteiger partial charge on any atom is -0.207 e. The van der Waals surface area contributed by atoms with Crippen molar-refractivity contribution < 1.29 is 8.42 Å². The zero-order valence-electron chi connectivity index (χ0n) is 12.0. The molecule has 0 aliphatic carbocycles. The second kappa shape index (κ2) is 6.36. The molecule has 1 aromatic carbocycles. The molecule has 118 valence electrons. The van der Waals surface area contributed by atoms with Crippen molar-refractivity contribution in [3.8, 4) is 0 Å². The van der Waals surface area contributed by atoms with Crippen LogP contribution < -0.4 is 0 Å². The number of sulfonamides is 1. The van der Waals surface area contributed by atoms with E-state index in [2.05, 4.69) is 29.8 Å². The average molecular weight is 415 g/mol. The highest BCUT2D eigenvalue weighted by atomic mass is 79.9. The Morgan fingerprint density at radius 1 is 1.24 bits per heavy atom. The van der Waals surface area contributed by atoms with Crippen LogP contribution in [0.2, 0.25) is 10.0 Å². The van der Waals surface area contributed by atoms with Crippen molar-refractivity contribution >= 4 is 49.2 Å². The molecule has 0 spiro atoms. The molecule has 21 heavy (non-hydrogen) atoms. The van der Waals surface area contributed by atoms with Crippen molar-refractivity contribution in [3.05, 3.63) is 26.7 Å². The van der Waals surface area contributed by atoms with E-state index in [4.69, 9.17) is 23.2 Å². The molecule has 0 bridgehead atoms. The monoisotopic (exact) mass is 413 g/mol. The maximum Gasteiger partial charge on any atom is 0.246 e. The van der Waals surface area contributed by atoms with E-state index in [1.807, 2.05) is 0 Å². The van der Waals surface area contributed by atoms with Crippen molar-refractivity contribution in [1.82, 2.24) is 4.31 Å². The number of hydrogen-bond donors (Lipinski definition) is 0. The minimum atomic E-state index is -3.65. The highest BCUT2D eigenvalue weighted by Crippen LogP contribution is 2.39. The van der Waals surface area contributed by atoms with Crippen LogP contribution in [0.4, 0.5) is 0 Å². The molecule has 0 radical (unpaired) electrons. The summed E-state index contributed by atoms with van der Waals surface area (Å²) in [5.41, 5.74) is 0.222. The van der Waals surface area contributed by atoms with Crippen molar-refractivity contribution in [2.75, 3.05) is 13.1 Å². The molecule has 1 heterocycles. The van der Waals surface area contributed by atoms with Gasteiger partial charge in [-0.3, -0.25) is 0 Å². The molecule has 1 fully saturated rings. The van der Waals surface area contributed by atoms with Gasteiger partial charge in [0.2, 0.25) is 10.0 Å². The second-order valence-corrected chi connectivity index (χ2v) is 9.37. The predicted molar refractivity (Wildman–Crippen MR) is 90.6 cm³/mol. The Labute approximate surface area is 144 Å². The van der Waals surface area contributed by atoms with Crippen LogP contribution in [0.1, 0.15) is 33.1 Å². The highest BCUT2D eigenvalue weighted by molar-refractivity contribution is 9.10. The maximum absolute atomic E-state index is 12.8. The van der Waals surface area contributed by atoms with E-state index in [-0.39, 0.29) is 20.4 Å². The Hall–Kier alpha value is 0.190. The van der Waals surface area contributed by atoms with Crippen LogP contribution in [0.3, 0.4) is 0 Å². The molecule has 0 unspecified atom stereocenters. The third-order valence-electron chi connectivity index (χ3n) is 4.34. The first-order valence-electron chi connectivity index (χ1n) is 6.84. The number of nitrogens with zero attached hydrogens (tertiary/aromatic N) is 1. The fraction of sp³-hybridized carbons (Fsp3) is 0.571. The molecule has 1 aliphatic rings. The highest BCUT2D eigenvalue weighted by Gasteiger charge is 2.36. The first kappa shape index (κ1) is 17.5. The molecule has 0 saturated carbocycles. The zero-order valence-corrected chi connectivity index (χ0v) is 15.9. The van der Waals surface area contributed by atoms with Crippen LogP contribution in [-0.4, -0.2) is 25.8 Å². The Kier molecular flexibility index (Phi) is 5.31. The van der Waals surface area contributed by atoms with E-state index in [0.29, 0.717) is 17.6 Å². The average Bonchev–Trinajstić information content (AvgIpc) is 2.37. The van der Waals surface area contributed by atoms with E-state index in [1.165, 1.54) is 4.31 Å². The van der Waals surface area contributed by atoms with E-state index in [0.717, 1.165) is 19.3 Å². The van der Waals surface area contributed by atoms with Crippen LogP contribution in [-0.2, 0) is 10.0 Å². The van der Waals surface area contributed by atoms with Gasteiger partial charge >= 0.3 is 0 Å². The third kappa shape index (κ3) is 3.58. The summed E-state index contributed by atoms with van der Waals surface area (Å²) in [6, 6.07) is 3.11. The van der Waals surface area contributed by atoms with Gasteiger partial charge < -0.3 is 0 Å². The molecule has 0 N–H and O–H groups in total. The summed E-state index contributed by atoms with van der Waals surface area (Å²) in [5.74, 6) is 0. The Morgan fingerprint density at radius 3 is 2.14 bits per heavy atom. The van der Waals surface area contributed by atoms with Gasteiger partial charge in [0.25, 0.3) is 0 Å². The van der Waals surface area contributed by atoms with Gasteiger partial charge in [-0.25, -0.2) is 8.42 Å². The molecule has 7 heteroatoms. The Morgan fingerprint density at radius 2 is 1.71 bits per heavy atom. The minimum absolute atomic E-state index is 0.00846. The van der Waals surface area contributed by atoms with Gasteiger partial charge in [0.1, 0.15) is 4.90 Å². The van der Waals surface area contributed by atoms with Gasteiger partial charge in [-0.15, -0.1) is 0 Å². The van der Waals surface area contributed by atoms with E-state index in [1.54, 1.807) is 12.1 Å². The Bertz CT molecular complexity index is 617. The number of halogens is 3. The van der Waals surface area contributed by atoms with Crippen molar-refractivity contribution in [2.24, 2.45) is 5.41 Å². The quantitative estimate of drug-likeness (QED) is 0.700. The maximum atomic E-state index is 12.8. The van der Waals surface area contributed by atoms with Crippen molar-refractivity contribution in [1.29, 1.82) is 0 Å². The molecule has 0 atom stereocenters. The smallest absolute Gasteiger partial charge is 0.207 e. The lowest BCUT2D eigenvalue weighted by Crippen LogP contribution is -2.42. The zero-order chi connectivity index (χ0) is 15.8. The van der Waals surface area contributed by atoms with Gasteiger partial charge in [0.05, 0.1) is 10.0 Å². The number of rotatable bonds is 3. The number of benzene rings is 1. The van der Waals surface area contributed by atoms with Gasteiger partial charge in [-0.2, -0.15) is 4.31 Å². The lowest BCUT2D eigenvalue weighted by Gasteiger charge is -2.38. The summed E-state index contributed by atoms with van der Waals surface area (Å²) >= 11 is 15.5. The molecule has 0 amide bonds. The first-order chi connectivity index (χ1) is 9.69. The first-order valence-corrected chi connectivity index (χ1v) is 9.83. The fourth-order valence-corrected chi connectivity index (χ4v) is 5.85. The SMILES string of the molecule is CCC1(C)CCN(S(=O)(=O)c2c(Cl)cc(Br)cc2Cl)CC1. The van der Waals surface area contributed by atoms with Gasteiger partial charge in [0.15, 0.2) is 0 Å². The third-order valence-corrected chi connectivity index (χ3v) is 7.62. The lowest BCUT2D eigenvalue weighted by atomic mass is 9.79. The molecule has 1 saturated heterocycles. The molecular formula is C14H18BrCl2NO2S. The normalized spacial score (nSPS) is 19.7. The van der Waals surface area contributed by atoms with Crippen LogP contribution in [0, 0.1) is 5.41 Å². The van der Waals surface area contributed by atoms with E-state index >= 15 is 0 Å². The standard InChI is InChI=1S/C14H18BrCl2NO2S/c1-3-14(2)4-6-18(7-5-14)21(19,20)13-11(16)8-10(15)9-12(13)17/h8-9H,3-7H2,1-2H3. The molecule has 1 aliphatic heterocycles. The fourth-order valence-electron chi connectivity index (χ4n) is 2.52. The van der Waals surface area contributed by atoms with Crippen molar-refractivity contribution in [2.45, 2.75) is 38.0 Å². The largest absolute Gasteiger partial charge is 0.246 e. The van der Waals surface area contributed by atoms with Crippen molar-refractivity contribution in [3.63, 3.8) is 0 Å². The summed E-state index contributed by atoms with van der Waals surface area (Å²) in [5, 5.41) is 0.302. The predicted octanol–water partition coefficient (Wildman–Crippen LogP) is 4.96. The number of hydrogen-bond acceptors (Lipinski definition) is 2.